The van der Waals surface area contributed by atoms with Gasteiger partial charge in [0.2, 0.25) is 0 Å². The smallest absolute Gasteiger partial charge is 0.416 e. The van der Waals surface area contributed by atoms with Crippen LogP contribution in [0.15, 0.2) is 72.8 Å². The highest BCUT2D eigenvalue weighted by Gasteiger charge is 2.30. The van der Waals surface area contributed by atoms with Crippen molar-refractivity contribution in [1.29, 1.82) is 0 Å². The molecule has 0 saturated carbocycles. The van der Waals surface area contributed by atoms with E-state index in [-0.39, 0.29) is 5.75 Å². The molecule has 0 aliphatic carbocycles. The Bertz CT molecular complexity index is 885. The van der Waals surface area contributed by atoms with Crippen LogP contribution in [0.2, 0.25) is 0 Å². The van der Waals surface area contributed by atoms with Crippen LogP contribution in [-0.4, -0.2) is 6.29 Å². The number of ether oxygens (including phenoxy) is 2. The van der Waals surface area contributed by atoms with Gasteiger partial charge in [0.05, 0.1) is 5.56 Å². The average molecular weight is 358 g/mol. The van der Waals surface area contributed by atoms with Gasteiger partial charge in [0.1, 0.15) is 29.3 Å². The lowest BCUT2D eigenvalue weighted by atomic mass is 10.2. The zero-order valence-electron chi connectivity index (χ0n) is 13.4. The number of rotatable bonds is 5. The van der Waals surface area contributed by atoms with Crippen LogP contribution in [0, 0.1) is 0 Å². The maximum absolute atomic E-state index is 12.6. The Balaban J connectivity index is 1.71. The largest absolute Gasteiger partial charge is 0.457 e. The molecule has 0 amide bonds. The van der Waals surface area contributed by atoms with Crippen LogP contribution < -0.4 is 9.47 Å². The summed E-state index contributed by atoms with van der Waals surface area (Å²) in [5, 5.41) is 0. The molecule has 0 heterocycles. The zero-order valence-corrected chi connectivity index (χ0v) is 13.4. The molecule has 132 valence electrons. The first-order valence-electron chi connectivity index (χ1n) is 7.62. The van der Waals surface area contributed by atoms with Gasteiger partial charge >= 0.3 is 6.18 Å². The fourth-order valence-electron chi connectivity index (χ4n) is 2.20. The van der Waals surface area contributed by atoms with E-state index in [1.54, 1.807) is 48.5 Å². The molecule has 3 aromatic carbocycles. The first-order chi connectivity index (χ1) is 12.4. The van der Waals surface area contributed by atoms with Gasteiger partial charge in [0, 0.05) is 11.6 Å². The van der Waals surface area contributed by atoms with E-state index >= 15 is 0 Å². The molecule has 0 radical (unpaired) electrons. The van der Waals surface area contributed by atoms with E-state index in [2.05, 4.69) is 0 Å². The number of aldehydes is 1. The molecule has 0 saturated heterocycles. The summed E-state index contributed by atoms with van der Waals surface area (Å²) in [6.07, 6.45) is -3.64. The molecule has 3 nitrogen and oxygen atoms in total. The Morgan fingerprint density at radius 2 is 1.19 bits per heavy atom. The van der Waals surface area contributed by atoms with E-state index in [4.69, 9.17) is 9.47 Å². The predicted molar refractivity (Wildman–Crippen MR) is 89.9 cm³/mol. The van der Waals surface area contributed by atoms with Gasteiger partial charge in [-0.25, -0.2) is 0 Å². The SMILES string of the molecule is O=Cc1ccc(Oc2cccc(Oc3ccc(C(F)(F)F)cc3)c2)cc1. The molecule has 0 aliphatic heterocycles. The molecule has 0 bridgehead atoms. The lowest BCUT2D eigenvalue weighted by Gasteiger charge is -2.10. The highest BCUT2D eigenvalue weighted by molar-refractivity contribution is 5.74. The van der Waals surface area contributed by atoms with Crippen LogP contribution in [0.4, 0.5) is 13.2 Å². The van der Waals surface area contributed by atoms with Gasteiger partial charge in [0.25, 0.3) is 0 Å². The van der Waals surface area contributed by atoms with Gasteiger partial charge in [-0.05, 0) is 60.7 Å². The zero-order chi connectivity index (χ0) is 18.6. The molecule has 0 N–H and O–H groups in total. The lowest BCUT2D eigenvalue weighted by Crippen LogP contribution is -2.03. The third-order valence-corrected chi connectivity index (χ3v) is 3.47. The normalized spacial score (nSPS) is 11.0. The Labute approximate surface area is 147 Å². The standard InChI is InChI=1S/C20H13F3O3/c21-20(22,23)15-6-10-17(11-7-15)26-19-3-1-2-18(12-19)25-16-8-4-14(13-24)5-9-16/h1-13H. The molecule has 0 aromatic heterocycles. The Morgan fingerprint density at radius 1 is 0.692 bits per heavy atom. The molecule has 0 unspecified atom stereocenters. The van der Waals surface area contributed by atoms with E-state index in [1.165, 1.54) is 12.1 Å². The average Bonchev–Trinajstić information content (AvgIpc) is 2.62. The predicted octanol–water partition coefficient (Wildman–Crippen LogP) is 6.10. The number of hydrogen-bond acceptors (Lipinski definition) is 3. The van der Waals surface area contributed by atoms with Crippen molar-refractivity contribution in [2.45, 2.75) is 6.18 Å². The minimum atomic E-state index is -4.38. The third kappa shape index (κ3) is 4.42. The minimum absolute atomic E-state index is 0.283. The first kappa shape index (κ1) is 17.5. The van der Waals surface area contributed by atoms with Crippen LogP contribution in [-0.2, 0) is 6.18 Å². The molecule has 0 atom stereocenters. The summed E-state index contributed by atoms with van der Waals surface area (Å²) in [5.74, 6) is 1.74. The first-order valence-corrected chi connectivity index (χ1v) is 7.62. The van der Waals surface area contributed by atoms with Crippen molar-refractivity contribution in [3.8, 4) is 23.0 Å². The molecule has 26 heavy (non-hydrogen) atoms. The second-order valence-electron chi connectivity index (χ2n) is 5.39. The highest BCUT2D eigenvalue weighted by Crippen LogP contribution is 2.32. The maximum atomic E-state index is 12.6. The van der Waals surface area contributed by atoms with Crippen molar-refractivity contribution < 1.29 is 27.4 Å². The summed E-state index contributed by atoms with van der Waals surface area (Å²) in [4.78, 5) is 10.7. The molecule has 0 aliphatic rings. The lowest BCUT2D eigenvalue weighted by molar-refractivity contribution is -0.137. The summed E-state index contributed by atoms with van der Waals surface area (Å²) >= 11 is 0. The van der Waals surface area contributed by atoms with Gasteiger partial charge in [0.15, 0.2) is 0 Å². The number of carbonyl (C=O) groups is 1. The molecule has 0 spiro atoms. The second-order valence-corrected chi connectivity index (χ2v) is 5.39. The van der Waals surface area contributed by atoms with Crippen molar-refractivity contribution in [2.24, 2.45) is 0 Å². The van der Waals surface area contributed by atoms with Crippen molar-refractivity contribution in [2.75, 3.05) is 0 Å². The van der Waals surface area contributed by atoms with E-state index in [1.807, 2.05) is 0 Å². The summed E-state index contributed by atoms with van der Waals surface area (Å²) in [5.41, 5.74) is -0.197. The topological polar surface area (TPSA) is 35.5 Å². The van der Waals surface area contributed by atoms with Crippen LogP contribution in [0.1, 0.15) is 15.9 Å². The summed E-state index contributed by atoms with van der Waals surface area (Å²) in [7, 11) is 0. The molecule has 3 aromatic rings. The quantitative estimate of drug-likeness (QED) is 0.517. The van der Waals surface area contributed by atoms with Crippen molar-refractivity contribution in [3.63, 3.8) is 0 Å². The Hall–Kier alpha value is -3.28. The Kier molecular flexibility index (Phi) is 4.93. The minimum Gasteiger partial charge on any atom is -0.457 e. The second kappa shape index (κ2) is 7.31. The number of hydrogen-bond donors (Lipinski definition) is 0. The van der Waals surface area contributed by atoms with E-state index in [9.17, 15) is 18.0 Å². The van der Waals surface area contributed by atoms with Crippen LogP contribution >= 0.6 is 0 Å². The molecule has 0 fully saturated rings. The van der Waals surface area contributed by atoms with Gasteiger partial charge in [-0.3, -0.25) is 4.79 Å². The van der Waals surface area contributed by atoms with Gasteiger partial charge < -0.3 is 9.47 Å². The summed E-state index contributed by atoms with van der Waals surface area (Å²) in [6.45, 7) is 0. The van der Waals surface area contributed by atoms with Crippen molar-refractivity contribution >= 4 is 6.29 Å². The number of carbonyl (C=O) groups excluding carboxylic acids is 1. The number of halogens is 3. The van der Waals surface area contributed by atoms with Crippen LogP contribution in [0.25, 0.3) is 0 Å². The third-order valence-electron chi connectivity index (χ3n) is 3.47. The summed E-state index contributed by atoms with van der Waals surface area (Å²) in [6, 6.07) is 17.7. The fourth-order valence-corrected chi connectivity index (χ4v) is 2.20. The molecule has 3 rings (SSSR count). The number of benzene rings is 3. The van der Waals surface area contributed by atoms with Crippen molar-refractivity contribution in [3.05, 3.63) is 83.9 Å². The highest BCUT2D eigenvalue weighted by atomic mass is 19.4. The Morgan fingerprint density at radius 3 is 1.65 bits per heavy atom. The van der Waals surface area contributed by atoms with Gasteiger partial charge in [-0.1, -0.05) is 6.07 Å². The van der Waals surface area contributed by atoms with Crippen molar-refractivity contribution in [1.82, 2.24) is 0 Å². The molecule has 6 heteroatoms. The van der Waals surface area contributed by atoms with Crippen LogP contribution in [0.5, 0.6) is 23.0 Å². The molecular weight excluding hydrogens is 345 g/mol. The summed E-state index contributed by atoms with van der Waals surface area (Å²) < 4.78 is 49.0. The molecular formula is C20H13F3O3. The van der Waals surface area contributed by atoms with Gasteiger partial charge in [-0.2, -0.15) is 13.2 Å². The van der Waals surface area contributed by atoms with E-state index < -0.39 is 11.7 Å². The van der Waals surface area contributed by atoms with Gasteiger partial charge in [-0.15, -0.1) is 0 Å². The monoisotopic (exact) mass is 358 g/mol. The van der Waals surface area contributed by atoms with E-state index in [0.717, 1.165) is 18.4 Å². The van der Waals surface area contributed by atoms with Crippen LogP contribution in [0.3, 0.4) is 0 Å². The van der Waals surface area contributed by atoms with E-state index in [0.29, 0.717) is 22.8 Å². The fraction of sp³-hybridized carbons (Fsp3) is 0.0500. The maximum Gasteiger partial charge on any atom is 0.416 e. The number of alkyl halides is 3.